The highest BCUT2D eigenvalue weighted by Crippen LogP contribution is 2.37. The minimum atomic E-state index is -0.686. The molecule has 0 aliphatic heterocycles. The molecule has 0 saturated heterocycles. The Morgan fingerprint density at radius 3 is 2.53 bits per heavy atom. The van der Waals surface area contributed by atoms with Crippen LogP contribution in [0.1, 0.15) is 18.1 Å². The third-order valence-corrected chi connectivity index (χ3v) is 4.43. The van der Waals surface area contributed by atoms with Crippen LogP contribution in [0.4, 0.5) is 11.4 Å². The number of nitro groups is 1. The topological polar surface area (TPSA) is 132 Å². The first-order valence-corrected chi connectivity index (χ1v) is 9.19. The van der Waals surface area contributed by atoms with Crippen molar-refractivity contribution in [1.82, 2.24) is 0 Å². The molecular weight excluding hydrogens is 458 g/mol. The second-order valence-electron chi connectivity index (χ2n) is 6.01. The van der Waals surface area contributed by atoms with Crippen molar-refractivity contribution in [2.75, 3.05) is 12.4 Å². The van der Waals surface area contributed by atoms with Gasteiger partial charge < -0.3 is 14.8 Å². The van der Waals surface area contributed by atoms with Gasteiger partial charge in [0.2, 0.25) is 0 Å². The number of halogens is 1. The largest absolute Gasteiger partial charge is 0.493 e. The summed E-state index contributed by atoms with van der Waals surface area (Å²) in [5.41, 5.74) is 0.954. The van der Waals surface area contributed by atoms with Gasteiger partial charge in [0.25, 0.3) is 11.6 Å². The Hall–Kier alpha value is -3.71. The van der Waals surface area contributed by atoms with Gasteiger partial charge in [-0.1, -0.05) is 0 Å². The van der Waals surface area contributed by atoms with Crippen molar-refractivity contribution in [2.24, 2.45) is 0 Å². The molecule has 2 aromatic rings. The van der Waals surface area contributed by atoms with E-state index in [9.17, 15) is 25.0 Å². The maximum atomic E-state index is 12.5. The Labute approximate surface area is 180 Å². The van der Waals surface area contributed by atoms with Gasteiger partial charge in [0.1, 0.15) is 11.6 Å². The van der Waals surface area contributed by atoms with E-state index in [1.807, 2.05) is 6.07 Å². The summed E-state index contributed by atoms with van der Waals surface area (Å²) >= 11 is 3.27. The molecular formula is C20H16BrN3O6. The lowest BCUT2D eigenvalue weighted by molar-refractivity contribution is -0.384. The number of aryl methyl sites for hydroxylation is 1. The van der Waals surface area contributed by atoms with Crippen LogP contribution >= 0.6 is 15.9 Å². The number of carbonyl (C=O) groups excluding carboxylic acids is 2. The first-order chi connectivity index (χ1) is 14.2. The van der Waals surface area contributed by atoms with Gasteiger partial charge in [0.05, 0.1) is 16.5 Å². The second-order valence-corrected chi connectivity index (χ2v) is 6.86. The molecule has 0 heterocycles. The number of hydrogen-bond acceptors (Lipinski definition) is 7. The maximum Gasteiger partial charge on any atom is 0.308 e. The van der Waals surface area contributed by atoms with Crippen molar-refractivity contribution in [2.45, 2.75) is 13.8 Å². The first kappa shape index (κ1) is 22.6. The van der Waals surface area contributed by atoms with Crippen LogP contribution in [-0.2, 0) is 9.59 Å². The number of esters is 1. The molecule has 0 aliphatic carbocycles. The lowest BCUT2D eigenvalue weighted by Gasteiger charge is -2.11. The van der Waals surface area contributed by atoms with Crippen LogP contribution in [-0.4, -0.2) is 23.9 Å². The lowest BCUT2D eigenvalue weighted by Crippen LogP contribution is -2.14. The normalized spacial score (nSPS) is 10.7. The molecule has 0 aliphatic rings. The van der Waals surface area contributed by atoms with Crippen LogP contribution in [0, 0.1) is 28.4 Å². The molecule has 10 heteroatoms. The van der Waals surface area contributed by atoms with Gasteiger partial charge in [-0.15, -0.1) is 0 Å². The van der Waals surface area contributed by atoms with Gasteiger partial charge in [0.15, 0.2) is 11.5 Å². The van der Waals surface area contributed by atoms with E-state index >= 15 is 0 Å². The van der Waals surface area contributed by atoms with E-state index in [2.05, 4.69) is 21.2 Å². The summed E-state index contributed by atoms with van der Waals surface area (Å²) in [5, 5.41) is 22.8. The zero-order valence-electron chi connectivity index (χ0n) is 16.2. The van der Waals surface area contributed by atoms with Gasteiger partial charge >= 0.3 is 5.97 Å². The second kappa shape index (κ2) is 9.67. The SMILES string of the molecule is COc1cc(C=C(C#N)C(=O)Nc2ccc([N+](=O)[O-])cc2C)cc(Br)c1OC(C)=O. The Morgan fingerprint density at radius 2 is 2.00 bits per heavy atom. The summed E-state index contributed by atoms with van der Waals surface area (Å²) in [6.07, 6.45) is 1.33. The Kier molecular flexibility index (Phi) is 7.27. The predicted octanol–water partition coefficient (Wildman–Crippen LogP) is 4.15. The van der Waals surface area contributed by atoms with Crippen LogP contribution in [0.25, 0.3) is 6.08 Å². The number of nitrogens with one attached hydrogen (secondary N) is 1. The summed E-state index contributed by atoms with van der Waals surface area (Å²) in [7, 11) is 1.39. The molecule has 2 aromatic carbocycles. The quantitative estimate of drug-likeness (QED) is 0.166. The highest BCUT2D eigenvalue weighted by molar-refractivity contribution is 9.10. The maximum absolute atomic E-state index is 12.5. The number of methoxy groups -OCH3 is 1. The van der Waals surface area contributed by atoms with Gasteiger partial charge in [-0.3, -0.25) is 19.7 Å². The molecule has 0 aromatic heterocycles. The van der Waals surface area contributed by atoms with Crippen molar-refractivity contribution >= 4 is 45.3 Å². The lowest BCUT2D eigenvalue weighted by atomic mass is 10.1. The number of non-ortho nitro benzene ring substituents is 1. The van der Waals surface area contributed by atoms with Gasteiger partial charge in [-0.05, 0) is 58.3 Å². The summed E-state index contributed by atoms with van der Waals surface area (Å²) in [6, 6.07) is 8.86. The zero-order chi connectivity index (χ0) is 22.4. The predicted molar refractivity (Wildman–Crippen MR) is 112 cm³/mol. The summed E-state index contributed by atoms with van der Waals surface area (Å²) in [5.74, 6) is -0.817. The van der Waals surface area contributed by atoms with E-state index in [0.29, 0.717) is 21.3 Å². The van der Waals surface area contributed by atoms with Crippen molar-refractivity contribution in [3.63, 3.8) is 0 Å². The fourth-order valence-electron chi connectivity index (χ4n) is 2.47. The number of benzene rings is 2. The molecule has 0 spiro atoms. The number of rotatable bonds is 6. The number of nitro benzene ring substituents is 1. The average Bonchev–Trinajstić information content (AvgIpc) is 2.68. The summed E-state index contributed by atoms with van der Waals surface area (Å²) in [6.45, 7) is 2.85. The monoisotopic (exact) mass is 473 g/mol. The Morgan fingerprint density at radius 1 is 1.30 bits per heavy atom. The molecule has 0 bridgehead atoms. The number of nitrogens with zero attached hydrogens (tertiary/aromatic N) is 2. The molecule has 0 saturated carbocycles. The number of carbonyl (C=O) groups is 2. The summed E-state index contributed by atoms with van der Waals surface area (Å²) in [4.78, 5) is 34.1. The van der Waals surface area contributed by atoms with Gasteiger partial charge in [-0.25, -0.2) is 0 Å². The number of anilines is 1. The summed E-state index contributed by atoms with van der Waals surface area (Å²) < 4.78 is 10.7. The van der Waals surface area contributed by atoms with Crippen LogP contribution in [0.2, 0.25) is 0 Å². The molecule has 154 valence electrons. The number of nitriles is 1. The first-order valence-electron chi connectivity index (χ1n) is 8.40. The molecule has 9 nitrogen and oxygen atoms in total. The van der Waals surface area contributed by atoms with Crippen LogP contribution in [0.3, 0.4) is 0 Å². The minimum absolute atomic E-state index is 0.105. The van der Waals surface area contributed by atoms with E-state index in [1.165, 1.54) is 44.4 Å². The van der Waals surface area contributed by atoms with E-state index in [-0.39, 0.29) is 22.8 Å². The third-order valence-electron chi connectivity index (χ3n) is 3.84. The van der Waals surface area contributed by atoms with Crippen molar-refractivity contribution < 1.29 is 24.0 Å². The molecule has 0 fully saturated rings. The third kappa shape index (κ3) is 5.42. The fourth-order valence-corrected chi connectivity index (χ4v) is 3.01. The standard InChI is InChI=1S/C20H16BrN3O6/c1-11-6-15(24(27)28)4-5-17(11)23-20(26)14(10-22)7-13-8-16(21)19(30-12(2)25)18(9-13)29-3/h4-9H,1-3H3,(H,23,26). The number of hydrogen-bond donors (Lipinski definition) is 1. The van der Waals surface area contributed by atoms with Crippen molar-refractivity contribution in [1.29, 1.82) is 5.26 Å². The Balaban J connectivity index is 2.34. The van der Waals surface area contributed by atoms with Crippen LogP contribution in [0.5, 0.6) is 11.5 Å². The molecule has 2 rings (SSSR count). The molecule has 0 unspecified atom stereocenters. The van der Waals surface area contributed by atoms with Crippen LogP contribution < -0.4 is 14.8 Å². The number of amides is 1. The minimum Gasteiger partial charge on any atom is -0.493 e. The molecule has 1 N–H and O–H groups in total. The van der Waals surface area contributed by atoms with Crippen LogP contribution in [0.15, 0.2) is 40.4 Å². The van der Waals surface area contributed by atoms with E-state index in [1.54, 1.807) is 13.0 Å². The smallest absolute Gasteiger partial charge is 0.308 e. The fraction of sp³-hybridized carbons (Fsp3) is 0.150. The van der Waals surface area contributed by atoms with E-state index in [4.69, 9.17) is 9.47 Å². The van der Waals surface area contributed by atoms with Gasteiger partial charge in [0, 0.05) is 24.7 Å². The van der Waals surface area contributed by atoms with Crippen molar-refractivity contribution in [3.8, 4) is 17.6 Å². The zero-order valence-corrected chi connectivity index (χ0v) is 17.8. The highest BCUT2D eigenvalue weighted by atomic mass is 79.9. The van der Waals surface area contributed by atoms with E-state index < -0.39 is 16.8 Å². The van der Waals surface area contributed by atoms with Gasteiger partial charge in [-0.2, -0.15) is 5.26 Å². The molecule has 1 amide bonds. The molecule has 0 radical (unpaired) electrons. The highest BCUT2D eigenvalue weighted by Gasteiger charge is 2.16. The average molecular weight is 474 g/mol. The van der Waals surface area contributed by atoms with E-state index in [0.717, 1.165) is 0 Å². The number of ether oxygens (including phenoxy) is 2. The Bertz CT molecular complexity index is 1100. The molecule has 0 atom stereocenters. The molecule has 30 heavy (non-hydrogen) atoms. The van der Waals surface area contributed by atoms with Crippen molar-refractivity contribution in [3.05, 3.63) is 61.6 Å².